The molecule has 0 bridgehead atoms. The molecule has 3 rings (SSSR count). The van der Waals surface area contributed by atoms with Crippen molar-refractivity contribution in [2.24, 2.45) is 0 Å². The lowest BCUT2D eigenvalue weighted by atomic mass is 10.1. The number of aromatic amines is 1. The number of aromatic nitrogens is 2. The van der Waals surface area contributed by atoms with Gasteiger partial charge in [-0.3, -0.25) is 0 Å². The smallest absolute Gasteiger partial charge is 0.211 e. The van der Waals surface area contributed by atoms with Crippen molar-refractivity contribution >= 4 is 0 Å². The first-order valence-electron chi connectivity index (χ1n) is 7.15. The van der Waals surface area contributed by atoms with Gasteiger partial charge in [0.15, 0.2) is 0 Å². The third-order valence-corrected chi connectivity index (χ3v) is 3.34. The van der Waals surface area contributed by atoms with Crippen molar-refractivity contribution in [2.45, 2.75) is 19.4 Å². The summed E-state index contributed by atoms with van der Waals surface area (Å²) in [5, 5.41) is 0. The van der Waals surface area contributed by atoms with Crippen LogP contribution in [0.2, 0.25) is 0 Å². The molecule has 1 N–H and O–H groups in total. The van der Waals surface area contributed by atoms with Crippen LogP contribution in [0.3, 0.4) is 0 Å². The van der Waals surface area contributed by atoms with E-state index in [0.29, 0.717) is 6.61 Å². The van der Waals surface area contributed by atoms with Gasteiger partial charge in [-0.15, -0.1) is 0 Å². The van der Waals surface area contributed by atoms with Crippen LogP contribution in [0, 0.1) is 0 Å². The predicted octanol–water partition coefficient (Wildman–Crippen LogP) is 3.77. The lowest BCUT2D eigenvalue weighted by molar-refractivity contribution is 0.295. The van der Waals surface area contributed by atoms with Gasteiger partial charge >= 0.3 is 0 Å². The molecule has 1 heterocycles. The predicted molar refractivity (Wildman–Crippen MR) is 83.2 cm³/mol. The van der Waals surface area contributed by atoms with Crippen LogP contribution in [0.15, 0.2) is 66.9 Å². The van der Waals surface area contributed by atoms with Crippen molar-refractivity contribution in [3.05, 3.63) is 83.8 Å². The van der Waals surface area contributed by atoms with Crippen LogP contribution in [0.1, 0.15) is 17.0 Å². The molecule has 0 amide bonds. The minimum atomic E-state index is 0.557. The normalized spacial score (nSPS) is 10.5. The SMILES string of the molecule is c1ccc(CCc2ncc(OCc3ccccc3)[nH]2)cc1. The van der Waals surface area contributed by atoms with Gasteiger partial charge in [0.05, 0.1) is 6.20 Å². The number of imidazole rings is 1. The largest absolute Gasteiger partial charge is 0.473 e. The van der Waals surface area contributed by atoms with Gasteiger partial charge in [0.25, 0.3) is 0 Å². The number of nitrogens with one attached hydrogen (secondary N) is 1. The summed E-state index contributed by atoms with van der Waals surface area (Å²) < 4.78 is 5.71. The Balaban J connectivity index is 1.52. The van der Waals surface area contributed by atoms with Gasteiger partial charge in [-0.2, -0.15) is 0 Å². The third kappa shape index (κ3) is 3.96. The van der Waals surface area contributed by atoms with Crippen LogP contribution < -0.4 is 4.74 Å². The fraction of sp³-hybridized carbons (Fsp3) is 0.167. The van der Waals surface area contributed by atoms with Crippen LogP contribution in [-0.2, 0) is 19.4 Å². The van der Waals surface area contributed by atoms with Crippen molar-refractivity contribution in [1.82, 2.24) is 9.97 Å². The van der Waals surface area contributed by atoms with Crippen molar-refractivity contribution in [1.29, 1.82) is 0 Å². The van der Waals surface area contributed by atoms with Crippen LogP contribution in [-0.4, -0.2) is 9.97 Å². The average Bonchev–Trinajstić information content (AvgIpc) is 3.01. The molecule has 0 aliphatic heterocycles. The first kappa shape index (κ1) is 13.4. The van der Waals surface area contributed by atoms with Crippen molar-refractivity contribution in [3.8, 4) is 5.88 Å². The van der Waals surface area contributed by atoms with E-state index >= 15 is 0 Å². The van der Waals surface area contributed by atoms with Crippen molar-refractivity contribution < 1.29 is 4.74 Å². The molecule has 0 spiro atoms. The molecule has 0 saturated carbocycles. The van der Waals surface area contributed by atoms with E-state index in [2.05, 4.69) is 34.2 Å². The number of ether oxygens (including phenoxy) is 1. The minimum Gasteiger partial charge on any atom is -0.473 e. The monoisotopic (exact) mass is 278 g/mol. The lowest BCUT2D eigenvalue weighted by Crippen LogP contribution is -1.96. The Morgan fingerprint density at radius 2 is 1.48 bits per heavy atom. The molecule has 0 unspecified atom stereocenters. The Morgan fingerprint density at radius 3 is 2.19 bits per heavy atom. The van der Waals surface area contributed by atoms with Gasteiger partial charge in [-0.05, 0) is 17.5 Å². The number of benzene rings is 2. The molecule has 0 atom stereocenters. The van der Waals surface area contributed by atoms with Gasteiger partial charge in [-0.1, -0.05) is 60.7 Å². The molecule has 3 aromatic rings. The number of nitrogens with zero attached hydrogens (tertiary/aromatic N) is 1. The zero-order chi connectivity index (χ0) is 14.3. The standard InChI is InChI=1S/C18H18N2O/c1-3-7-15(8-4-1)11-12-17-19-13-18(20-17)21-14-16-9-5-2-6-10-16/h1-10,13H,11-12,14H2,(H,19,20). The number of rotatable bonds is 6. The van der Waals surface area contributed by atoms with E-state index in [1.807, 2.05) is 36.4 Å². The van der Waals surface area contributed by atoms with Gasteiger partial charge in [0.1, 0.15) is 12.4 Å². The zero-order valence-corrected chi connectivity index (χ0v) is 11.8. The molecule has 0 fully saturated rings. The number of hydrogen-bond acceptors (Lipinski definition) is 2. The highest BCUT2D eigenvalue weighted by Gasteiger charge is 2.02. The molecule has 0 saturated heterocycles. The van der Waals surface area contributed by atoms with Crippen LogP contribution in [0.5, 0.6) is 5.88 Å². The molecule has 2 aromatic carbocycles. The Labute approximate surface area is 124 Å². The lowest BCUT2D eigenvalue weighted by Gasteiger charge is -2.03. The first-order valence-corrected chi connectivity index (χ1v) is 7.15. The molecule has 106 valence electrons. The van der Waals surface area contributed by atoms with E-state index in [1.165, 1.54) is 5.56 Å². The maximum Gasteiger partial charge on any atom is 0.211 e. The summed E-state index contributed by atoms with van der Waals surface area (Å²) in [6, 6.07) is 20.5. The third-order valence-electron chi connectivity index (χ3n) is 3.34. The van der Waals surface area contributed by atoms with Gasteiger partial charge < -0.3 is 9.72 Å². The Morgan fingerprint density at radius 1 is 0.810 bits per heavy atom. The molecule has 21 heavy (non-hydrogen) atoms. The topological polar surface area (TPSA) is 37.9 Å². The fourth-order valence-corrected chi connectivity index (χ4v) is 2.19. The van der Waals surface area contributed by atoms with Gasteiger partial charge in [0, 0.05) is 6.42 Å². The summed E-state index contributed by atoms with van der Waals surface area (Å²) in [4.78, 5) is 7.58. The van der Waals surface area contributed by atoms with Crippen molar-refractivity contribution in [3.63, 3.8) is 0 Å². The second-order valence-corrected chi connectivity index (χ2v) is 4.95. The van der Waals surface area contributed by atoms with E-state index in [1.54, 1.807) is 6.20 Å². The number of hydrogen-bond donors (Lipinski definition) is 1. The van der Waals surface area contributed by atoms with Crippen LogP contribution in [0.4, 0.5) is 0 Å². The summed E-state index contributed by atoms with van der Waals surface area (Å²) in [6.07, 6.45) is 3.62. The average molecular weight is 278 g/mol. The van der Waals surface area contributed by atoms with Gasteiger partial charge in [0.2, 0.25) is 5.88 Å². The first-order chi connectivity index (χ1) is 10.4. The number of aryl methyl sites for hydroxylation is 2. The second-order valence-electron chi connectivity index (χ2n) is 4.95. The molecule has 1 aromatic heterocycles. The molecule has 0 aliphatic carbocycles. The molecule has 0 radical (unpaired) electrons. The quantitative estimate of drug-likeness (QED) is 0.745. The van der Waals surface area contributed by atoms with E-state index in [9.17, 15) is 0 Å². The van der Waals surface area contributed by atoms with E-state index in [4.69, 9.17) is 4.74 Å². The second kappa shape index (κ2) is 6.75. The minimum absolute atomic E-state index is 0.557. The van der Waals surface area contributed by atoms with Crippen LogP contribution in [0.25, 0.3) is 0 Å². The zero-order valence-electron chi connectivity index (χ0n) is 11.8. The van der Waals surface area contributed by atoms with E-state index < -0.39 is 0 Å². The highest BCUT2D eigenvalue weighted by molar-refractivity contribution is 5.17. The summed E-state index contributed by atoms with van der Waals surface area (Å²) in [5.41, 5.74) is 2.47. The van der Waals surface area contributed by atoms with Crippen molar-refractivity contribution in [2.75, 3.05) is 0 Å². The highest BCUT2D eigenvalue weighted by atomic mass is 16.5. The molecule has 0 aliphatic rings. The maximum atomic E-state index is 5.71. The highest BCUT2D eigenvalue weighted by Crippen LogP contribution is 2.11. The summed E-state index contributed by atoms with van der Waals surface area (Å²) in [7, 11) is 0. The Kier molecular flexibility index (Phi) is 4.32. The molecule has 3 heteroatoms. The molecule has 3 nitrogen and oxygen atoms in total. The summed E-state index contributed by atoms with van der Waals surface area (Å²) in [5.74, 6) is 1.68. The van der Waals surface area contributed by atoms with Gasteiger partial charge in [-0.25, -0.2) is 4.98 Å². The Bertz CT molecular complexity index is 604. The van der Waals surface area contributed by atoms with Crippen LogP contribution >= 0.6 is 0 Å². The maximum absolute atomic E-state index is 5.71. The number of H-pyrrole nitrogens is 1. The molecular weight excluding hydrogens is 260 g/mol. The molecular formula is C18H18N2O. The summed E-state index contributed by atoms with van der Waals surface area (Å²) >= 11 is 0. The van der Waals surface area contributed by atoms with E-state index in [0.717, 1.165) is 30.1 Å². The Hall–Kier alpha value is -2.55. The fourth-order valence-electron chi connectivity index (χ4n) is 2.19. The van der Waals surface area contributed by atoms with E-state index in [-0.39, 0.29) is 0 Å². The summed E-state index contributed by atoms with van der Waals surface area (Å²) in [6.45, 7) is 0.557.